The van der Waals surface area contributed by atoms with Gasteiger partial charge in [0.05, 0.1) is 6.61 Å². The van der Waals surface area contributed by atoms with Gasteiger partial charge in [-0.25, -0.2) is 4.79 Å². The van der Waals surface area contributed by atoms with Crippen molar-refractivity contribution in [2.45, 2.75) is 79.1 Å². The van der Waals surface area contributed by atoms with E-state index in [9.17, 15) is 9.59 Å². The third-order valence-corrected chi connectivity index (χ3v) is 4.20. The first-order valence-corrected chi connectivity index (χ1v) is 8.92. The lowest BCUT2D eigenvalue weighted by Gasteiger charge is -2.04. The maximum absolute atomic E-state index is 12.4. The number of rotatable bonds is 11. The minimum absolute atomic E-state index is 0.125. The van der Waals surface area contributed by atoms with Crippen LogP contribution in [0.3, 0.4) is 0 Å². The highest BCUT2D eigenvalue weighted by Crippen LogP contribution is 2.21. The summed E-state index contributed by atoms with van der Waals surface area (Å²) in [5.41, 5.74) is 2.55. The monoisotopic (exact) mass is 321 g/mol. The third kappa shape index (κ3) is 5.85. The lowest BCUT2D eigenvalue weighted by Crippen LogP contribution is -2.07. The topological polar surface area (TPSA) is 59.2 Å². The zero-order valence-corrected chi connectivity index (χ0v) is 15.1. The summed E-state index contributed by atoms with van der Waals surface area (Å²) >= 11 is 0. The number of aryl methyl sites for hydroxylation is 1. The summed E-state index contributed by atoms with van der Waals surface area (Å²) in [5, 5.41) is 0. The lowest BCUT2D eigenvalue weighted by molar-refractivity contribution is 0.0519. The van der Waals surface area contributed by atoms with Gasteiger partial charge in [-0.3, -0.25) is 4.79 Å². The number of unbranched alkanes of at least 4 members (excludes halogenated alkanes) is 6. The number of hydrogen-bond acceptors (Lipinski definition) is 3. The van der Waals surface area contributed by atoms with Crippen molar-refractivity contribution < 1.29 is 14.3 Å². The summed E-state index contributed by atoms with van der Waals surface area (Å²) < 4.78 is 5.02. The Bertz CT molecular complexity index is 517. The Morgan fingerprint density at radius 3 is 2.17 bits per heavy atom. The molecule has 1 aromatic rings. The van der Waals surface area contributed by atoms with Crippen LogP contribution in [0.5, 0.6) is 0 Å². The van der Waals surface area contributed by atoms with Gasteiger partial charge < -0.3 is 9.72 Å². The molecule has 0 aliphatic carbocycles. The molecule has 0 atom stereocenters. The molecule has 4 nitrogen and oxygen atoms in total. The molecule has 0 saturated heterocycles. The number of esters is 1. The molecule has 23 heavy (non-hydrogen) atoms. The van der Waals surface area contributed by atoms with Gasteiger partial charge in [-0.05, 0) is 32.8 Å². The number of ether oxygens (including phenoxy) is 1. The summed E-state index contributed by atoms with van der Waals surface area (Å²) in [6, 6.07) is 0. The molecular weight excluding hydrogens is 290 g/mol. The average Bonchev–Trinajstić information content (AvgIpc) is 2.81. The normalized spacial score (nSPS) is 10.8. The van der Waals surface area contributed by atoms with Crippen LogP contribution in [-0.2, 0) is 4.74 Å². The first kappa shape index (κ1) is 19.5. The van der Waals surface area contributed by atoms with Crippen LogP contribution in [0.25, 0.3) is 0 Å². The van der Waals surface area contributed by atoms with E-state index in [1.807, 2.05) is 13.8 Å². The van der Waals surface area contributed by atoms with Gasteiger partial charge >= 0.3 is 5.97 Å². The number of hydrogen-bond donors (Lipinski definition) is 1. The molecule has 0 amide bonds. The van der Waals surface area contributed by atoms with Gasteiger partial charge in [0.15, 0.2) is 5.78 Å². The van der Waals surface area contributed by atoms with E-state index in [4.69, 9.17) is 4.74 Å². The Morgan fingerprint density at radius 1 is 0.957 bits per heavy atom. The standard InChI is InChI=1S/C19H31NO3/c1-5-7-8-9-10-11-12-13-16(21)17-14(3)18(20-15(17)4)19(22)23-6-2/h20H,5-13H2,1-4H3. The molecule has 0 aromatic carbocycles. The van der Waals surface area contributed by atoms with Crippen LogP contribution >= 0.6 is 0 Å². The Hall–Kier alpha value is -1.58. The van der Waals surface area contributed by atoms with E-state index in [0.29, 0.717) is 29.8 Å². The van der Waals surface area contributed by atoms with Crippen molar-refractivity contribution in [3.05, 3.63) is 22.5 Å². The molecule has 1 N–H and O–H groups in total. The Kier molecular flexibility index (Phi) is 8.67. The predicted molar refractivity (Wildman–Crippen MR) is 93.2 cm³/mol. The minimum Gasteiger partial charge on any atom is -0.461 e. The van der Waals surface area contributed by atoms with Crippen molar-refractivity contribution in [2.24, 2.45) is 0 Å². The van der Waals surface area contributed by atoms with E-state index in [-0.39, 0.29) is 11.8 Å². The van der Waals surface area contributed by atoms with Gasteiger partial charge in [-0.15, -0.1) is 0 Å². The van der Waals surface area contributed by atoms with Crippen molar-refractivity contribution in [3.63, 3.8) is 0 Å². The summed E-state index contributed by atoms with van der Waals surface area (Å²) in [6.07, 6.45) is 8.89. The second kappa shape index (κ2) is 10.2. The van der Waals surface area contributed by atoms with E-state index < -0.39 is 0 Å². The van der Waals surface area contributed by atoms with Crippen LogP contribution in [0, 0.1) is 13.8 Å². The first-order chi connectivity index (χ1) is 11.0. The average molecular weight is 321 g/mol. The van der Waals surface area contributed by atoms with E-state index in [1.165, 1.54) is 32.1 Å². The highest BCUT2D eigenvalue weighted by molar-refractivity contribution is 6.02. The highest BCUT2D eigenvalue weighted by Gasteiger charge is 2.22. The lowest BCUT2D eigenvalue weighted by atomic mass is 10.00. The molecule has 1 heterocycles. The van der Waals surface area contributed by atoms with E-state index >= 15 is 0 Å². The number of nitrogens with one attached hydrogen (secondary N) is 1. The highest BCUT2D eigenvalue weighted by atomic mass is 16.5. The maximum Gasteiger partial charge on any atom is 0.355 e. The number of Topliss-reactive ketones (excluding diaryl/α,β-unsaturated/α-hetero) is 1. The van der Waals surface area contributed by atoms with Crippen LogP contribution in [0.4, 0.5) is 0 Å². The van der Waals surface area contributed by atoms with Crippen LogP contribution in [0.1, 0.15) is 97.3 Å². The van der Waals surface area contributed by atoms with Crippen molar-refractivity contribution in [1.82, 2.24) is 4.98 Å². The van der Waals surface area contributed by atoms with Gasteiger partial charge in [0.1, 0.15) is 5.69 Å². The van der Waals surface area contributed by atoms with Crippen LogP contribution in [-0.4, -0.2) is 23.3 Å². The fourth-order valence-corrected chi connectivity index (χ4v) is 2.94. The Labute approximate surface area is 140 Å². The molecule has 0 spiro atoms. The number of carbonyl (C=O) groups excluding carboxylic acids is 2. The van der Waals surface area contributed by atoms with E-state index in [0.717, 1.165) is 18.5 Å². The molecular formula is C19H31NO3. The maximum atomic E-state index is 12.4. The van der Waals surface area contributed by atoms with Gasteiger partial charge in [0, 0.05) is 17.7 Å². The van der Waals surface area contributed by atoms with Crippen molar-refractivity contribution in [3.8, 4) is 0 Å². The molecule has 130 valence electrons. The van der Waals surface area contributed by atoms with Crippen molar-refractivity contribution >= 4 is 11.8 Å². The smallest absolute Gasteiger partial charge is 0.355 e. The third-order valence-electron chi connectivity index (χ3n) is 4.20. The quantitative estimate of drug-likeness (QED) is 0.349. The number of aromatic nitrogens is 1. The fraction of sp³-hybridized carbons (Fsp3) is 0.684. The Balaban J connectivity index is 2.52. The van der Waals surface area contributed by atoms with Gasteiger partial charge in [-0.1, -0.05) is 45.4 Å². The zero-order chi connectivity index (χ0) is 17.2. The van der Waals surface area contributed by atoms with Crippen LogP contribution in [0.2, 0.25) is 0 Å². The molecule has 0 aliphatic heterocycles. The molecule has 0 bridgehead atoms. The van der Waals surface area contributed by atoms with Gasteiger partial charge in [0.25, 0.3) is 0 Å². The second-order valence-corrected chi connectivity index (χ2v) is 6.14. The summed E-state index contributed by atoms with van der Waals surface area (Å²) in [7, 11) is 0. The number of aromatic amines is 1. The number of H-pyrrole nitrogens is 1. The molecule has 0 saturated carbocycles. The molecule has 0 aliphatic rings. The number of carbonyl (C=O) groups is 2. The molecule has 4 heteroatoms. The molecule has 0 unspecified atom stereocenters. The largest absolute Gasteiger partial charge is 0.461 e. The van der Waals surface area contributed by atoms with Gasteiger partial charge in [-0.2, -0.15) is 0 Å². The molecule has 0 fully saturated rings. The summed E-state index contributed by atoms with van der Waals surface area (Å²) in [6.45, 7) is 7.97. The number of ketones is 1. The molecule has 0 radical (unpaired) electrons. The first-order valence-electron chi connectivity index (χ1n) is 8.92. The predicted octanol–water partition coefficient (Wildman–Crippen LogP) is 5.13. The SMILES string of the molecule is CCCCCCCCCC(=O)c1c(C)[nH]c(C(=O)OCC)c1C. The van der Waals surface area contributed by atoms with E-state index in [1.54, 1.807) is 6.92 Å². The van der Waals surface area contributed by atoms with Crippen LogP contribution < -0.4 is 0 Å². The van der Waals surface area contributed by atoms with Crippen molar-refractivity contribution in [1.29, 1.82) is 0 Å². The van der Waals surface area contributed by atoms with Gasteiger partial charge in [0.2, 0.25) is 0 Å². The second-order valence-electron chi connectivity index (χ2n) is 6.14. The van der Waals surface area contributed by atoms with E-state index in [2.05, 4.69) is 11.9 Å². The summed E-state index contributed by atoms with van der Waals surface area (Å²) in [5.74, 6) is -0.261. The fourth-order valence-electron chi connectivity index (χ4n) is 2.94. The van der Waals surface area contributed by atoms with Crippen LogP contribution in [0.15, 0.2) is 0 Å². The molecule has 1 rings (SSSR count). The van der Waals surface area contributed by atoms with Crippen molar-refractivity contribution in [2.75, 3.05) is 6.61 Å². The molecule has 1 aromatic heterocycles. The Morgan fingerprint density at radius 2 is 1.57 bits per heavy atom. The summed E-state index contributed by atoms with van der Waals surface area (Å²) in [4.78, 5) is 27.3. The zero-order valence-electron chi connectivity index (χ0n) is 15.1. The minimum atomic E-state index is -0.386.